The van der Waals surface area contributed by atoms with E-state index in [9.17, 15) is 8.78 Å². The predicted molar refractivity (Wildman–Crippen MR) is 109 cm³/mol. The van der Waals surface area contributed by atoms with Gasteiger partial charge in [-0.3, -0.25) is 4.98 Å². The number of hydrogen-bond acceptors (Lipinski definition) is 5. The van der Waals surface area contributed by atoms with Gasteiger partial charge >= 0.3 is 0 Å². The molecule has 1 saturated heterocycles. The van der Waals surface area contributed by atoms with E-state index >= 15 is 0 Å². The van der Waals surface area contributed by atoms with E-state index in [-0.39, 0.29) is 23.0 Å². The lowest BCUT2D eigenvalue weighted by molar-refractivity contribution is 0.261. The first-order valence-corrected chi connectivity index (χ1v) is 10.1. The number of rotatable bonds is 5. The summed E-state index contributed by atoms with van der Waals surface area (Å²) in [6.07, 6.45) is 7.12. The lowest BCUT2D eigenvalue weighted by Crippen LogP contribution is -2.34. The molecule has 0 atom stereocenters. The Balaban J connectivity index is 1.72. The minimum absolute atomic E-state index is 0.0234. The number of piperidine rings is 1. The smallest absolute Gasteiger partial charge is 0.165 e. The first-order chi connectivity index (χ1) is 14.1. The molecule has 0 spiro atoms. The quantitative estimate of drug-likeness (QED) is 0.613. The van der Waals surface area contributed by atoms with E-state index in [0.717, 1.165) is 56.3 Å². The van der Waals surface area contributed by atoms with Gasteiger partial charge in [0, 0.05) is 32.1 Å². The van der Waals surface area contributed by atoms with E-state index in [4.69, 9.17) is 16.7 Å². The molecule has 3 aromatic rings. The van der Waals surface area contributed by atoms with Crippen molar-refractivity contribution in [2.75, 3.05) is 24.6 Å². The molecular weight excluding hydrogens is 398 g/mol. The van der Waals surface area contributed by atoms with Gasteiger partial charge in [0.2, 0.25) is 0 Å². The Labute approximate surface area is 172 Å². The van der Waals surface area contributed by atoms with Gasteiger partial charge in [0.15, 0.2) is 5.82 Å². The van der Waals surface area contributed by atoms with Crippen LogP contribution in [0.1, 0.15) is 25.7 Å². The monoisotopic (exact) mass is 418 g/mol. The summed E-state index contributed by atoms with van der Waals surface area (Å²) in [5, 5.41) is 9.54. The van der Waals surface area contributed by atoms with Crippen molar-refractivity contribution >= 4 is 28.3 Å². The summed E-state index contributed by atoms with van der Waals surface area (Å²) in [5.41, 5.74) is 0.599. The van der Waals surface area contributed by atoms with E-state index in [2.05, 4.69) is 19.9 Å². The van der Waals surface area contributed by atoms with Crippen LogP contribution in [-0.4, -0.2) is 39.8 Å². The molecule has 152 valence electrons. The van der Waals surface area contributed by atoms with E-state index < -0.39 is 11.6 Å². The van der Waals surface area contributed by atoms with Crippen LogP contribution in [0.4, 0.5) is 14.6 Å². The molecule has 1 aromatic carbocycles. The molecular formula is C21H21ClF2N4O. The SMILES string of the molecule is OCCCC1CCN(c2nc(-c3cc(F)c(Cl)cc3F)nc3ccncc23)CC1. The summed E-state index contributed by atoms with van der Waals surface area (Å²) in [5.74, 6) is -0.0132. The van der Waals surface area contributed by atoms with Crippen LogP contribution in [0.15, 0.2) is 30.6 Å². The van der Waals surface area contributed by atoms with Gasteiger partial charge in [-0.1, -0.05) is 11.6 Å². The van der Waals surface area contributed by atoms with E-state index in [1.54, 1.807) is 18.5 Å². The second kappa shape index (κ2) is 8.55. The van der Waals surface area contributed by atoms with Crippen LogP contribution in [0.25, 0.3) is 22.3 Å². The summed E-state index contributed by atoms with van der Waals surface area (Å²) in [4.78, 5) is 15.4. The topological polar surface area (TPSA) is 62.1 Å². The van der Waals surface area contributed by atoms with Gasteiger partial charge in [-0.2, -0.15) is 0 Å². The number of nitrogens with zero attached hydrogens (tertiary/aromatic N) is 4. The first-order valence-electron chi connectivity index (χ1n) is 9.69. The Kier molecular flexibility index (Phi) is 5.87. The van der Waals surface area contributed by atoms with Crippen molar-refractivity contribution in [1.29, 1.82) is 0 Å². The molecule has 0 amide bonds. The highest BCUT2D eigenvalue weighted by atomic mass is 35.5. The molecule has 2 aromatic heterocycles. The fraction of sp³-hybridized carbons (Fsp3) is 0.381. The molecule has 0 saturated carbocycles. The molecule has 3 heterocycles. The van der Waals surface area contributed by atoms with Crippen molar-refractivity contribution < 1.29 is 13.9 Å². The zero-order chi connectivity index (χ0) is 20.4. The summed E-state index contributed by atoms with van der Waals surface area (Å²) >= 11 is 5.68. The average molecular weight is 419 g/mol. The van der Waals surface area contributed by atoms with Crippen molar-refractivity contribution in [3.8, 4) is 11.4 Å². The van der Waals surface area contributed by atoms with Crippen LogP contribution in [0, 0.1) is 17.6 Å². The highest BCUT2D eigenvalue weighted by Gasteiger charge is 2.23. The van der Waals surface area contributed by atoms with Crippen molar-refractivity contribution in [1.82, 2.24) is 15.0 Å². The second-order valence-electron chi connectivity index (χ2n) is 7.31. The molecule has 1 N–H and O–H groups in total. The number of hydrogen-bond donors (Lipinski definition) is 1. The lowest BCUT2D eigenvalue weighted by Gasteiger charge is -2.33. The Morgan fingerprint density at radius 2 is 1.93 bits per heavy atom. The maximum Gasteiger partial charge on any atom is 0.165 e. The van der Waals surface area contributed by atoms with Crippen LogP contribution < -0.4 is 4.90 Å². The van der Waals surface area contributed by atoms with Gasteiger partial charge in [0.25, 0.3) is 0 Å². The van der Waals surface area contributed by atoms with Gasteiger partial charge in [0.05, 0.1) is 21.5 Å². The molecule has 29 heavy (non-hydrogen) atoms. The van der Waals surface area contributed by atoms with Crippen LogP contribution >= 0.6 is 11.6 Å². The Morgan fingerprint density at radius 3 is 2.69 bits per heavy atom. The molecule has 1 aliphatic rings. The largest absolute Gasteiger partial charge is 0.396 e. The fourth-order valence-corrected chi connectivity index (χ4v) is 3.98. The van der Waals surface area contributed by atoms with Crippen LogP contribution in [0.5, 0.6) is 0 Å². The van der Waals surface area contributed by atoms with Gasteiger partial charge in [-0.25, -0.2) is 18.7 Å². The third-order valence-electron chi connectivity index (χ3n) is 5.41. The molecule has 4 rings (SSSR count). The van der Waals surface area contributed by atoms with Gasteiger partial charge in [-0.05, 0) is 49.8 Å². The highest BCUT2D eigenvalue weighted by molar-refractivity contribution is 6.30. The molecule has 0 unspecified atom stereocenters. The third-order valence-corrected chi connectivity index (χ3v) is 5.70. The summed E-state index contributed by atoms with van der Waals surface area (Å²) in [7, 11) is 0. The first kappa shape index (κ1) is 19.9. The number of anilines is 1. The number of fused-ring (bicyclic) bond motifs is 1. The Hall–Kier alpha value is -2.38. The number of pyridine rings is 1. The summed E-state index contributed by atoms with van der Waals surface area (Å²) < 4.78 is 28.4. The fourth-order valence-electron chi connectivity index (χ4n) is 3.83. The number of halogens is 3. The normalized spacial score (nSPS) is 15.2. The Bertz CT molecular complexity index is 1020. The Morgan fingerprint density at radius 1 is 1.14 bits per heavy atom. The third kappa shape index (κ3) is 4.16. The molecule has 0 aliphatic carbocycles. The van der Waals surface area contributed by atoms with Crippen molar-refractivity contribution in [2.24, 2.45) is 5.92 Å². The molecule has 0 bridgehead atoms. The van der Waals surface area contributed by atoms with E-state index in [0.29, 0.717) is 17.3 Å². The zero-order valence-corrected chi connectivity index (χ0v) is 16.5. The second-order valence-corrected chi connectivity index (χ2v) is 7.71. The predicted octanol–water partition coefficient (Wildman–Crippen LogP) is 4.61. The minimum Gasteiger partial charge on any atom is -0.396 e. The molecule has 1 aliphatic heterocycles. The van der Waals surface area contributed by atoms with Gasteiger partial charge in [0.1, 0.15) is 17.5 Å². The van der Waals surface area contributed by atoms with Crippen molar-refractivity contribution in [3.63, 3.8) is 0 Å². The van der Waals surface area contributed by atoms with E-state index in [1.807, 2.05) is 0 Å². The average Bonchev–Trinajstić information content (AvgIpc) is 2.74. The number of aromatic nitrogens is 3. The molecule has 1 fully saturated rings. The van der Waals surface area contributed by atoms with Crippen LogP contribution in [0.3, 0.4) is 0 Å². The lowest BCUT2D eigenvalue weighted by atomic mass is 9.92. The molecule has 8 heteroatoms. The van der Waals surface area contributed by atoms with Crippen LogP contribution in [-0.2, 0) is 0 Å². The number of benzene rings is 1. The highest BCUT2D eigenvalue weighted by Crippen LogP contribution is 2.33. The maximum atomic E-state index is 14.5. The van der Waals surface area contributed by atoms with Crippen molar-refractivity contribution in [2.45, 2.75) is 25.7 Å². The van der Waals surface area contributed by atoms with Gasteiger partial charge < -0.3 is 10.0 Å². The molecule has 0 radical (unpaired) electrons. The summed E-state index contributed by atoms with van der Waals surface area (Å²) in [6, 6.07) is 3.71. The summed E-state index contributed by atoms with van der Waals surface area (Å²) in [6.45, 7) is 1.82. The van der Waals surface area contributed by atoms with E-state index in [1.165, 1.54) is 0 Å². The van der Waals surface area contributed by atoms with Gasteiger partial charge in [-0.15, -0.1) is 0 Å². The van der Waals surface area contributed by atoms with Crippen LogP contribution in [0.2, 0.25) is 5.02 Å². The maximum absolute atomic E-state index is 14.5. The molecule has 5 nitrogen and oxygen atoms in total. The number of aliphatic hydroxyl groups is 1. The minimum atomic E-state index is -0.715. The standard InChI is InChI=1S/C21H21ClF2N4O/c22-16-11-17(23)14(10-18(16)24)20-26-19-3-6-25-12-15(19)21(27-20)28-7-4-13(5-8-28)2-1-9-29/h3,6,10-13,29H,1-2,4-5,7-9H2. The zero-order valence-electron chi connectivity index (χ0n) is 15.8. The van der Waals surface area contributed by atoms with Crippen molar-refractivity contribution in [3.05, 3.63) is 47.2 Å². The number of aliphatic hydroxyl groups excluding tert-OH is 1.